The van der Waals surface area contributed by atoms with Crippen LogP contribution >= 0.6 is 23.4 Å². The number of anilines is 1. The van der Waals surface area contributed by atoms with Crippen molar-refractivity contribution in [3.63, 3.8) is 0 Å². The van der Waals surface area contributed by atoms with Gasteiger partial charge in [-0.15, -0.1) is 0 Å². The van der Waals surface area contributed by atoms with E-state index in [0.29, 0.717) is 21.6 Å². The predicted molar refractivity (Wildman–Crippen MR) is 134 cm³/mol. The summed E-state index contributed by atoms with van der Waals surface area (Å²) in [7, 11) is 1.53. The van der Waals surface area contributed by atoms with Crippen LogP contribution in [0.5, 0.6) is 5.75 Å². The van der Waals surface area contributed by atoms with E-state index in [1.54, 1.807) is 23.1 Å². The van der Waals surface area contributed by atoms with Crippen LogP contribution < -0.4 is 10.1 Å². The van der Waals surface area contributed by atoms with E-state index in [4.69, 9.17) is 21.3 Å². The Morgan fingerprint density at radius 2 is 1.97 bits per heavy atom. The Balaban J connectivity index is 1.38. The summed E-state index contributed by atoms with van der Waals surface area (Å²) in [6.07, 6.45) is 1.95. The van der Waals surface area contributed by atoms with Crippen molar-refractivity contribution >= 4 is 62.5 Å². The van der Waals surface area contributed by atoms with Crippen LogP contribution in [-0.4, -0.2) is 40.3 Å². The fourth-order valence-electron chi connectivity index (χ4n) is 3.92. The van der Waals surface area contributed by atoms with Crippen LogP contribution in [0.25, 0.3) is 10.8 Å². The highest BCUT2D eigenvalue weighted by atomic mass is 35.5. The third-order valence-corrected chi connectivity index (χ3v) is 7.05. The fraction of sp³-hybridized carbons (Fsp3) is 0.240. The number of rotatable bonds is 6. The number of methoxy groups -OCH3 is 1. The van der Waals surface area contributed by atoms with Crippen molar-refractivity contribution in [1.82, 2.24) is 4.90 Å². The molecule has 5 rings (SSSR count). The van der Waals surface area contributed by atoms with E-state index in [-0.39, 0.29) is 24.3 Å². The summed E-state index contributed by atoms with van der Waals surface area (Å²) in [5.74, 6) is 0.175. The van der Waals surface area contributed by atoms with Crippen molar-refractivity contribution in [3.05, 3.63) is 65.7 Å². The molecule has 6 nitrogen and oxygen atoms in total. The minimum absolute atomic E-state index is 0.0386. The molecule has 0 spiro atoms. The van der Waals surface area contributed by atoms with Crippen molar-refractivity contribution in [3.8, 4) is 5.75 Å². The molecule has 1 saturated carbocycles. The van der Waals surface area contributed by atoms with Crippen molar-refractivity contribution in [1.29, 1.82) is 0 Å². The van der Waals surface area contributed by atoms with E-state index in [9.17, 15) is 9.59 Å². The third-order valence-electron chi connectivity index (χ3n) is 5.67. The number of benzene rings is 3. The van der Waals surface area contributed by atoms with E-state index in [1.807, 2.05) is 42.5 Å². The van der Waals surface area contributed by atoms with Crippen LogP contribution in [0.15, 0.2) is 65.7 Å². The van der Waals surface area contributed by atoms with Crippen LogP contribution in [0, 0.1) is 0 Å². The summed E-state index contributed by atoms with van der Waals surface area (Å²) in [6, 6.07) is 19.2. The third kappa shape index (κ3) is 4.56. The molecule has 3 aromatic carbocycles. The predicted octanol–water partition coefficient (Wildman–Crippen LogP) is 5.62. The maximum Gasteiger partial charge on any atom is 0.242 e. The quantitative estimate of drug-likeness (QED) is 0.497. The van der Waals surface area contributed by atoms with Gasteiger partial charge >= 0.3 is 0 Å². The molecular weight excluding hydrogens is 458 g/mol. The minimum atomic E-state index is -0.524. The first-order valence-corrected chi connectivity index (χ1v) is 12.0. The van der Waals surface area contributed by atoms with Gasteiger partial charge in [0.05, 0.1) is 18.5 Å². The second-order valence-corrected chi connectivity index (χ2v) is 9.64. The molecule has 2 aliphatic rings. The molecule has 1 atom stereocenters. The van der Waals surface area contributed by atoms with Gasteiger partial charge in [-0.2, -0.15) is 0 Å². The molecule has 1 heterocycles. The van der Waals surface area contributed by atoms with Crippen LogP contribution in [0.3, 0.4) is 0 Å². The molecule has 168 valence electrons. The standard InChI is InChI=1S/C25H22ClN3O3S/c1-32-21-12-9-16(26)13-20(21)27-23(30)14-22-24(31)29(17-10-11-17)25(33-22)28-19-8-4-6-15-5-2-3-7-18(15)19/h2-9,12-13,17,22H,10-11,14H2,1H3,(H,27,30). The van der Waals surface area contributed by atoms with Gasteiger partial charge in [0, 0.05) is 22.9 Å². The second kappa shape index (κ2) is 9.08. The van der Waals surface area contributed by atoms with E-state index in [1.165, 1.54) is 18.9 Å². The molecule has 1 unspecified atom stereocenters. The van der Waals surface area contributed by atoms with E-state index in [0.717, 1.165) is 29.3 Å². The highest BCUT2D eigenvalue weighted by Gasteiger charge is 2.46. The number of nitrogens with zero attached hydrogens (tertiary/aromatic N) is 2. The normalized spacial score (nSPS) is 19.3. The summed E-state index contributed by atoms with van der Waals surface area (Å²) < 4.78 is 5.29. The molecule has 1 aliphatic carbocycles. The number of halogens is 1. The van der Waals surface area contributed by atoms with Crippen LogP contribution in [0.2, 0.25) is 5.02 Å². The Hall–Kier alpha value is -3.03. The SMILES string of the molecule is COc1ccc(Cl)cc1NC(=O)CC1SC(=Nc2cccc3ccccc23)N(C2CC2)C1=O. The lowest BCUT2D eigenvalue weighted by Crippen LogP contribution is -2.35. The Morgan fingerprint density at radius 1 is 1.18 bits per heavy atom. The Labute approximate surface area is 201 Å². The number of nitrogens with one attached hydrogen (secondary N) is 1. The van der Waals surface area contributed by atoms with Gasteiger partial charge in [-0.25, -0.2) is 4.99 Å². The number of carbonyl (C=O) groups excluding carboxylic acids is 2. The van der Waals surface area contributed by atoms with Crippen LogP contribution in [0.1, 0.15) is 19.3 Å². The van der Waals surface area contributed by atoms with Gasteiger partial charge in [0.25, 0.3) is 0 Å². The smallest absolute Gasteiger partial charge is 0.242 e. The first kappa shape index (κ1) is 21.8. The lowest BCUT2D eigenvalue weighted by atomic mass is 10.1. The molecule has 0 radical (unpaired) electrons. The van der Waals surface area contributed by atoms with Crippen molar-refractivity contribution < 1.29 is 14.3 Å². The number of aliphatic imine (C=N–C) groups is 1. The number of amides is 2. The van der Waals surface area contributed by atoms with Gasteiger partial charge in [0.15, 0.2) is 5.17 Å². The number of fused-ring (bicyclic) bond motifs is 1. The molecule has 2 fully saturated rings. The van der Waals surface area contributed by atoms with Crippen molar-refractivity contribution in [2.45, 2.75) is 30.6 Å². The molecule has 2 amide bonds. The zero-order valence-corrected chi connectivity index (χ0v) is 19.5. The van der Waals surface area contributed by atoms with Gasteiger partial charge < -0.3 is 10.1 Å². The number of carbonyl (C=O) groups is 2. The highest BCUT2D eigenvalue weighted by molar-refractivity contribution is 8.15. The van der Waals surface area contributed by atoms with Gasteiger partial charge in [0.2, 0.25) is 11.8 Å². The van der Waals surface area contributed by atoms with Crippen molar-refractivity contribution in [2.24, 2.45) is 4.99 Å². The minimum Gasteiger partial charge on any atom is -0.495 e. The maximum absolute atomic E-state index is 13.2. The first-order chi connectivity index (χ1) is 16.0. The molecule has 3 aromatic rings. The van der Waals surface area contributed by atoms with Gasteiger partial charge in [-0.05, 0) is 42.5 Å². The average molecular weight is 480 g/mol. The number of thioether (sulfide) groups is 1. The summed E-state index contributed by atoms with van der Waals surface area (Å²) in [5.41, 5.74) is 1.30. The lowest BCUT2D eigenvalue weighted by molar-refractivity contribution is -0.128. The van der Waals surface area contributed by atoms with Gasteiger partial charge in [0.1, 0.15) is 11.0 Å². The number of ether oxygens (including phenoxy) is 1. The summed E-state index contributed by atoms with van der Waals surface area (Å²) in [4.78, 5) is 32.7. The lowest BCUT2D eigenvalue weighted by Gasteiger charge is -2.15. The van der Waals surface area contributed by atoms with E-state index in [2.05, 4.69) is 5.32 Å². The summed E-state index contributed by atoms with van der Waals surface area (Å²) >= 11 is 7.42. The Bertz CT molecular complexity index is 1270. The maximum atomic E-state index is 13.2. The summed E-state index contributed by atoms with van der Waals surface area (Å²) in [6.45, 7) is 0. The van der Waals surface area contributed by atoms with Gasteiger partial charge in [-0.1, -0.05) is 59.8 Å². The average Bonchev–Trinajstić information content (AvgIpc) is 3.59. The first-order valence-electron chi connectivity index (χ1n) is 10.7. The highest BCUT2D eigenvalue weighted by Crippen LogP contribution is 2.40. The van der Waals surface area contributed by atoms with Crippen LogP contribution in [-0.2, 0) is 9.59 Å². The zero-order chi connectivity index (χ0) is 22.9. The fourth-order valence-corrected chi connectivity index (χ4v) is 5.30. The second-order valence-electron chi connectivity index (χ2n) is 8.04. The Kier molecular flexibility index (Phi) is 6.00. The molecule has 33 heavy (non-hydrogen) atoms. The van der Waals surface area contributed by atoms with E-state index < -0.39 is 5.25 Å². The molecule has 0 aromatic heterocycles. The summed E-state index contributed by atoms with van der Waals surface area (Å²) in [5, 5.41) is 5.58. The monoisotopic (exact) mass is 479 g/mol. The molecule has 1 N–H and O–H groups in total. The molecule has 1 saturated heterocycles. The molecule has 1 aliphatic heterocycles. The van der Waals surface area contributed by atoms with Crippen molar-refractivity contribution in [2.75, 3.05) is 12.4 Å². The largest absolute Gasteiger partial charge is 0.495 e. The van der Waals surface area contributed by atoms with E-state index >= 15 is 0 Å². The van der Waals surface area contributed by atoms with Crippen LogP contribution in [0.4, 0.5) is 11.4 Å². The number of hydrogen-bond acceptors (Lipinski definition) is 5. The van der Waals surface area contributed by atoms with Gasteiger partial charge in [-0.3, -0.25) is 14.5 Å². The number of hydrogen-bond donors (Lipinski definition) is 1. The molecule has 8 heteroatoms. The zero-order valence-electron chi connectivity index (χ0n) is 18.0. The topological polar surface area (TPSA) is 71.0 Å². The number of amidine groups is 1. The Morgan fingerprint density at radius 3 is 2.76 bits per heavy atom. The molecular formula is C25H22ClN3O3S. The molecule has 0 bridgehead atoms.